The molecule has 3 aromatic rings. The number of benzene rings is 1. The van der Waals surface area contributed by atoms with E-state index in [-0.39, 0.29) is 0 Å². The fourth-order valence-corrected chi connectivity index (χ4v) is 3.22. The third-order valence-corrected chi connectivity index (χ3v) is 4.56. The first-order valence-electron chi connectivity index (χ1n) is 9.09. The molecule has 0 amide bonds. The number of hydrogen-bond acceptors (Lipinski definition) is 3. The zero-order valence-electron chi connectivity index (χ0n) is 15.7. The molecule has 138 valence electrons. The Labute approximate surface area is 153 Å². The smallest absolute Gasteiger partial charge is 0.191 e. The predicted octanol–water partition coefficient (Wildman–Crippen LogP) is 2.04. The van der Waals surface area contributed by atoms with Gasteiger partial charge in [0.1, 0.15) is 12.2 Å². The number of aromatic amines is 1. The van der Waals surface area contributed by atoms with Crippen LogP contribution in [0.25, 0.3) is 10.9 Å². The van der Waals surface area contributed by atoms with Gasteiger partial charge in [-0.2, -0.15) is 0 Å². The first-order valence-corrected chi connectivity index (χ1v) is 9.09. The van der Waals surface area contributed by atoms with Crippen LogP contribution in [0.1, 0.15) is 23.9 Å². The van der Waals surface area contributed by atoms with E-state index in [2.05, 4.69) is 73.6 Å². The van der Waals surface area contributed by atoms with Crippen LogP contribution >= 0.6 is 0 Å². The number of rotatable bonds is 7. The Bertz CT molecular complexity index is 875. The molecule has 0 spiro atoms. The molecule has 0 fully saturated rings. The lowest BCUT2D eigenvalue weighted by Gasteiger charge is -2.12. The van der Waals surface area contributed by atoms with Gasteiger partial charge in [0.2, 0.25) is 0 Å². The third-order valence-electron chi connectivity index (χ3n) is 4.56. The highest BCUT2D eigenvalue weighted by molar-refractivity contribution is 5.86. The van der Waals surface area contributed by atoms with Gasteiger partial charge in [0, 0.05) is 50.2 Å². The van der Waals surface area contributed by atoms with Crippen LogP contribution in [0.5, 0.6) is 0 Å². The summed E-state index contributed by atoms with van der Waals surface area (Å²) in [5, 5.41) is 16.1. The van der Waals surface area contributed by atoms with Crippen molar-refractivity contribution in [3.05, 3.63) is 47.7 Å². The van der Waals surface area contributed by atoms with Gasteiger partial charge in [-0.05, 0) is 30.5 Å². The minimum absolute atomic E-state index is 0.775. The highest BCUT2D eigenvalue weighted by Crippen LogP contribution is 2.22. The number of aliphatic imine (C=N–C) groups is 1. The number of nitrogens with zero attached hydrogens (tertiary/aromatic N) is 4. The molecule has 3 N–H and O–H groups in total. The van der Waals surface area contributed by atoms with Crippen LogP contribution < -0.4 is 10.6 Å². The van der Waals surface area contributed by atoms with Crippen LogP contribution in [0.4, 0.5) is 0 Å². The lowest BCUT2D eigenvalue weighted by molar-refractivity contribution is 0.632. The molecule has 0 saturated carbocycles. The van der Waals surface area contributed by atoms with E-state index in [4.69, 9.17) is 0 Å². The zero-order valence-corrected chi connectivity index (χ0v) is 15.7. The maximum Gasteiger partial charge on any atom is 0.191 e. The van der Waals surface area contributed by atoms with Gasteiger partial charge >= 0.3 is 0 Å². The van der Waals surface area contributed by atoms with Crippen molar-refractivity contribution in [1.82, 2.24) is 30.4 Å². The summed E-state index contributed by atoms with van der Waals surface area (Å²) in [5.74, 6) is 1.82. The Balaban J connectivity index is 1.48. The number of guanidine groups is 1. The van der Waals surface area contributed by atoms with Crippen LogP contribution in [-0.4, -0.2) is 45.8 Å². The molecule has 26 heavy (non-hydrogen) atoms. The van der Waals surface area contributed by atoms with Gasteiger partial charge < -0.3 is 20.2 Å². The fraction of sp³-hybridized carbons (Fsp3) is 0.421. The van der Waals surface area contributed by atoms with E-state index in [1.54, 1.807) is 13.4 Å². The number of fused-ring (bicyclic) bond motifs is 1. The maximum absolute atomic E-state index is 4.29. The average molecular weight is 353 g/mol. The summed E-state index contributed by atoms with van der Waals surface area (Å²) in [6.45, 7) is 6.66. The van der Waals surface area contributed by atoms with Crippen molar-refractivity contribution < 1.29 is 0 Å². The van der Waals surface area contributed by atoms with E-state index >= 15 is 0 Å². The van der Waals surface area contributed by atoms with Crippen LogP contribution in [0.15, 0.2) is 35.7 Å². The van der Waals surface area contributed by atoms with Gasteiger partial charge in [0.25, 0.3) is 0 Å². The van der Waals surface area contributed by atoms with E-state index in [0.29, 0.717) is 0 Å². The minimum atomic E-state index is 0.775. The minimum Gasteiger partial charge on any atom is -0.361 e. The molecule has 0 atom stereocenters. The van der Waals surface area contributed by atoms with Gasteiger partial charge in [-0.25, -0.2) is 0 Å². The van der Waals surface area contributed by atoms with Crippen molar-refractivity contribution in [2.24, 2.45) is 4.99 Å². The summed E-state index contributed by atoms with van der Waals surface area (Å²) in [6, 6.07) is 6.36. The Morgan fingerprint density at radius 3 is 2.92 bits per heavy atom. The van der Waals surface area contributed by atoms with E-state index in [0.717, 1.165) is 44.3 Å². The standard InChI is InChI=1S/C19H27N7/c1-4-17-25-24-13-26(17)11-10-22-19(20-3)21-9-8-15-12-23-16-7-5-6-14(2)18(15)16/h5-7,12-13,23H,4,8-11H2,1-3H3,(H2,20,21,22). The Kier molecular flexibility index (Phi) is 5.88. The molecule has 7 heteroatoms. The van der Waals surface area contributed by atoms with E-state index in [1.165, 1.54) is 22.0 Å². The van der Waals surface area contributed by atoms with E-state index in [1.807, 2.05) is 0 Å². The lowest BCUT2D eigenvalue weighted by Crippen LogP contribution is -2.39. The zero-order chi connectivity index (χ0) is 18.4. The first kappa shape index (κ1) is 18.0. The van der Waals surface area contributed by atoms with Gasteiger partial charge in [-0.15, -0.1) is 10.2 Å². The monoisotopic (exact) mass is 353 g/mol. The molecule has 7 nitrogen and oxygen atoms in total. The molecule has 0 saturated heterocycles. The molecular weight excluding hydrogens is 326 g/mol. The molecule has 0 aliphatic rings. The summed E-state index contributed by atoms with van der Waals surface area (Å²) >= 11 is 0. The predicted molar refractivity (Wildman–Crippen MR) is 106 cm³/mol. The lowest BCUT2D eigenvalue weighted by atomic mass is 10.1. The molecule has 3 rings (SSSR count). The highest BCUT2D eigenvalue weighted by Gasteiger charge is 2.06. The maximum atomic E-state index is 4.29. The largest absolute Gasteiger partial charge is 0.361 e. The van der Waals surface area contributed by atoms with Gasteiger partial charge in [0.05, 0.1) is 0 Å². The van der Waals surface area contributed by atoms with Gasteiger partial charge in [-0.1, -0.05) is 19.1 Å². The molecule has 0 aliphatic heterocycles. The number of hydrogen-bond donors (Lipinski definition) is 3. The number of nitrogens with one attached hydrogen (secondary N) is 3. The van der Waals surface area contributed by atoms with Crippen LogP contribution in [0.3, 0.4) is 0 Å². The van der Waals surface area contributed by atoms with E-state index < -0.39 is 0 Å². The molecule has 0 bridgehead atoms. The second kappa shape index (κ2) is 8.51. The van der Waals surface area contributed by atoms with Gasteiger partial charge in [-0.3, -0.25) is 4.99 Å². The van der Waals surface area contributed by atoms with Crippen molar-refractivity contribution in [2.75, 3.05) is 20.1 Å². The summed E-state index contributed by atoms with van der Waals surface area (Å²) in [6.07, 6.45) is 5.71. The average Bonchev–Trinajstić information content (AvgIpc) is 3.27. The summed E-state index contributed by atoms with van der Waals surface area (Å²) in [4.78, 5) is 7.65. The molecule has 1 aromatic carbocycles. The van der Waals surface area contributed by atoms with Crippen molar-refractivity contribution in [3.63, 3.8) is 0 Å². The van der Waals surface area contributed by atoms with Gasteiger partial charge in [0.15, 0.2) is 5.96 Å². The SMILES string of the molecule is CCc1nncn1CCNC(=NC)NCCc1c[nH]c2cccc(C)c12. The number of aryl methyl sites for hydroxylation is 2. The highest BCUT2D eigenvalue weighted by atomic mass is 15.3. The van der Waals surface area contributed by atoms with Crippen LogP contribution in [-0.2, 0) is 19.4 Å². The van der Waals surface area contributed by atoms with E-state index in [9.17, 15) is 0 Å². The van der Waals surface area contributed by atoms with Crippen LogP contribution in [0, 0.1) is 6.92 Å². The second-order valence-electron chi connectivity index (χ2n) is 6.28. The van der Waals surface area contributed by atoms with Crippen molar-refractivity contribution >= 4 is 16.9 Å². The topological polar surface area (TPSA) is 82.9 Å². The second-order valence-corrected chi connectivity index (χ2v) is 6.28. The van der Waals surface area contributed by atoms with Crippen molar-refractivity contribution in [3.8, 4) is 0 Å². The Morgan fingerprint density at radius 2 is 2.12 bits per heavy atom. The number of aromatic nitrogens is 4. The third kappa shape index (κ3) is 4.04. The fourth-order valence-electron chi connectivity index (χ4n) is 3.22. The Hall–Kier alpha value is -2.83. The molecule has 0 unspecified atom stereocenters. The molecule has 0 aliphatic carbocycles. The van der Waals surface area contributed by atoms with Crippen LogP contribution in [0.2, 0.25) is 0 Å². The normalized spacial score (nSPS) is 11.9. The summed E-state index contributed by atoms with van der Waals surface area (Å²) in [7, 11) is 1.79. The summed E-state index contributed by atoms with van der Waals surface area (Å²) < 4.78 is 2.06. The molecular formula is C19H27N7. The number of H-pyrrole nitrogens is 1. The molecule has 2 heterocycles. The van der Waals surface area contributed by atoms with Crippen molar-refractivity contribution in [2.45, 2.75) is 33.2 Å². The quantitative estimate of drug-likeness (QED) is 0.448. The summed E-state index contributed by atoms with van der Waals surface area (Å²) in [5.41, 5.74) is 3.84. The molecule has 2 aromatic heterocycles. The Morgan fingerprint density at radius 1 is 1.27 bits per heavy atom. The van der Waals surface area contributed by atoms with Crippen molar-refractivity contribution in [1.29, 1.82) is 0 Å². The molecule has 0 radical (unpaired) electrons. The first-order chi connectivity index (χ1) is 12.7.